The molecule has 0 atom stereocenters. The molecule has 0 aliphatic rings. The zero-order chi connectivity index (χ0) is 14.4. The molecule has 0 spiro atoms. The third-order valence-electron chi connectivity index (χ3n) is 3.75. The molecule has 0 unspecified atom stereocenters. The lowest BCUT2D eigenvalue weighted by Crippen LogP contribution is -1.87. The fraction of sp³-hybridized carbons (Fsp3) is 0.111. The maximum atomic E-state index is 4.75. The zero-order valence-electron chi connectivity index (χ0n) is 12.0. The summed E-state index contributed by atoms with van der Waals surface area (Å²) in [4.78, 5) is 12.5. The highest BCUT2D eigenvalue weighted by Crippen LogP contribution is 2.24. The molecule has 21 heavy (non-hydrogen) atoms. The fourth-order valence-electron chi connectivity index (χ4n) is 2.70. The van der Waals surface area contributed by atoms with Crippen LogP contribution >= 0.6 is 0 Å². The lowest BCUT2D eigenvalue weighted by Gasteiger charge is -2.04. The average Bonchev–Trinajstić information content (AvgIpc) is 2.85. The molecule has 4 aromatic rings. The van der Waals surface area contributed by atoms with Crippen molar-refractivity contribution >= 4 is 21.9 Å². The summed E-state index contributed by atoms with van der Waals surface area (Å²) in [6, 6.07) is 14.7. The summed E-state index contributed by atoms with van der Waals surface area (Å²) in [6.45, 7) is 4.14. The van der Waals surface area contributed by atoms with Crippen molar-refractivity contribution in [1.29, 1.82) is 0 Å². The van der Waals surface area contributed by atoms with E-state index >= 15 is 0 Å². The highest BCUT2D eigenvalue weighted by molar-refractivity contribution is 5.85. The first-order valence-corrected chi connectivity index (χ1v) is 7.02. The largest absolute Gasteiger partial charge is 0.344 e. The first-order chi connectivity index (χ1) is 10.2. The highest BCUT2D eigenvalue weighted by atomic mass is 14.9. The number of aromatic nitrogens is 3. The summed E-state index contributed by atoms with van der Waals surface area (Å²) in [7, 11) is 0. The van der Waals surface area contributed by atoms with Gasteiger partial charge >= 0.3 is 0 Å². The van der Waals surface area contributed by atoms with Gasteiger partial charge in [0.2, 0.25) is 0 Å². The third-order valence-corrected chi connectivity index (χ3v) is 3.75. The van der Waals surface area contributed by atoms with Gasteiger partial charge in [-0.2, -0.15) is 0 Å². The maximum Gasteiger partial charge on any atom is 0.137 e. The van der Waals surface area contributed by atoms with Crippen LogP contribution in [0, 0.1) is 13.8 Å². The van der Waals surface area contributed by atoms with Crippen molar-refractivity contribution in [1.82, 2.24) is 15.0 Å². The predicted octanol–water partition coefficient (Wildman–Crippen LogP) is 4.39. The Morgan fingerprint density at radius 3 is 2.71 bits per heavy atom. The van der Waals surface area contributed by atoms with Crippen molar-refractivity contribution in [3.05, 3.63) is 59.9 Å². The van der Waals surface area contributed by atoms with Crippen LogP contribution in [0.4, 0.5) is 0 Å². The molecule has 0 saturated carbocycles. The number of hydrogen-bond acceptors (Lipinski definition) is 2. The highest BCUT2D eigenvalue weighted by Gasteiger charge is 2.05. The van der Waals surface area contributed by atoms with Crippen molar-refractivity contribution in [3.8, 4) is 11.3 Å². The van der Waals surface area contributed by atoms with Gasteiger partial charge in [0, 0.05) is 28.2 Å². The Balaban J connectivity index is 1.88. The molecule has 0 radical (unpaired) electrons. The second kappa shape index (κ2) is 4.42. The number of nitrogens with one attached hydrogen (secondary N) is 1. The van der Waals surface area contributed by atoms with E-state index in [1.54, 1.807) is 0 Å². The summed E-state index contributed by atoms with van der Waals surface area (Å²) in [5.74, 6) is 0. The van der Waals surface area contributed by atoms with Crippen molar-refractivity contribution in [3.63, 3.8) is 0 Å². The molecule has 0 amide bonds. The third kappa shape index (κ3) is 2.07. The molecule has 4 rings (SSSR count). The monoisotopic (exact) mass is 273 g/mol. The van der Waals surface area contributed by atoms with Crippen LogP contribution in [-0.2, 0) is 0 Å². The van der Waals surface area contributed by atoms with Gasteiger partial charge in [0.1, 0.15) is 5.65 Å². The Kier molecular flexibility index (Phi) is 2.54. The van der Waals surface area contributed by atoms with Gasteiger partial charge in [-0.1, -0.05) is 17.7 Å². The van der Waals surface area contributed by atoms with Crippen LogP contribution in [0.15, 0.2) is 48.7 Å². The average molecular weight is 273 g/mol. The number of benzene rings is 1. The Morgan fingerprint density at radius 1 is 0.905 bits per heavy atom. The molecule has 3 aromatic heterocycles. The van der Waals surface area contributed by atoms with Crippen molar-refractivity contribution in [2.75, 3.05) is 0 Å². The SMILES string of the molecule is Cc1ccc2nc(-c3cnc4[nH]c(C)cc4c3)ccc2c1. The Labute approximate surface area is 122 Å². The maximum absolute atomic E-state index is 4.75. The Morgan fingerprint density at radius 2 is 1.81 bits per heavy atom. The minimum absolute atomic E-state index is 0.924. The quantitative estimate of drug-likeness (QED) is 0.558. The summed E-state index contributed by atoms with van der Waals surface area (Å²) >= 11 is 0. The van der Waals surface area contributed by atoms with Crippen molar-refractivity contribution < 1.29 is 0 Å². The van der Waals surface area contributed by atoms with Gasteiger partial charge in [0.25, 0.3) is 0 Å². The molecule has 0 saturated heterocycles. The number of pyridine rings is 2. The fourth-order valence-corrected chi connectivity index (χ4v) is 2.70. The zero-order valence-corrected chi connectivity index (χ0v) is 12.0. The minimum Gasteiger partial charge on any atom is -0.344 e. The summed E-state index contributed by atoms with van der Waals surface area (Å²) in [5, 5.41) is 2.29. The Hall–Kier alpha value is -2.68. The molecule has 0 fully saturated rings. The lowest BCUT2D eigenvalue weighted by molar-refractivity contribution is 1.25. The van der Waals surface area contributed by atoms with Crippen molar-refractivity contribution in [2.45, 2.75) is 13.8 Å². The number of rotatable bonds is 1. The molecule has 102 valence electrons. The van der Waals surface area contributed by atoms with Crippen LogP contribution in [0.25, 0.3) is 33.2 Å². The van der Waals surface area contributed by atoms with Crippen LogP contribution in [0.1, 0.15) is 11.3 Å². The van der Waals surface area contributed by atoms with Gasteiger partial charge in [-0.15, -0.1) is 0 Å². The van der Waals surface area contributed by atoms with E-state index in [9.17, 15) is 0 Å². The van der Waals surface area contributed by atoms with Gasteiger partial charge in [-0.05, 0) is 44.2 Å². The normalized spacial score (nSPS) is 11.3. The molecule has 0 aliphatic heterocycles. The molecular formula is C18H15N3. The molecule has 1 N–H and O–H groups in total. The molecular weight excluding hydrogens is 258 g/mol. The van der Waals surface area contributed by atoms with E-state index in [1.807, 2.05) is 13.1 Å². The number of nitrogens with zero attached hydrogens (tertiary/aromatic N) is 2. The molecule has 0 aliphatic carbocycles. The van der Waals surface area contributed by atoms with E-state index < -0.39 is 0 Å². The predicted molar refractivity (Wildman–Crippen MR) is 86.3 cm³/mol. The number of aryl methyl sites for hydroxylation is 2. The molecule has 3 nitrogen and oxygen atoms in total. The topological polar surface area (TPSA) is 41.6 Å². The van der Waals surface area contributed by atoms with Crippen LogP contribution < -0.4 is 0 Å². The van der Waals surface area contributed by atoms with Crippen LogP contribution in [0.3, 0.4) is 0 Å². The van der Waals surface area contributed by atoms with Crippen molar-refractivity contribution in [2.24, 2.45) is 0 Å². The van der Waals surface area contributed by atoms with Gasteiger partial charge in [-0.25, -0.2) is 9.97 Å². The summed E-state index contributed by atoms with van der Waals surface area (Å²) < 4.78 is 0. The van der Waals surface area contributed by atoms with E-state index in [4.69, 9.17) is 4.98 Å². The summed E-state index contributed by atoms with van der Waals surface area (Å²) in [5.41, 5.74) is 6.32. The molecule has 0 bridgehead atoms. The van der Waals surface area contributed by atoms with E-state index in [2.05, 4.69) is 59.4 Å². The first kappa shape index (κ1) is 12.1. The minimum atomic E-state index is 0.924. The van der Waals surface area contributed by atoms with Gasteiger partial charge in [-0.3, -0.25) is 0 Å². The van der Waals surface area contributed by atoms with E-state index in [-0.39, 0.29) is 0 Å². The number of aromatic amines is 1. The first-order valence-electron chi connectivity index (χ1n) is 7.02. The lowest BCUT2D eigenvalue weighted by atomic mass is 10.1. The van der Waals surface area contributed by atoms with Crippen LogP contribution in [0.2, 0.25) is 0 Å². The van der Waals surface area contributed by atoms with Crippen LogP contribution in [0.5, 0.6) is 0 Å². The second-order valence-corrected chi connectivity index (χ2v) is 5.51. The number of fused-ring (bicyclic) bond motifs is 2. The van der Waals surface area contributed by atoms with Gasteiger partial charge in [0.05, 0.1) is 11.2 Å². The number of hydrogen-bond donors (Lipinski definition) is 1. The van der Waals surface area contributed by atoms with Gasteiger partial charge in [0.15, 0.2) is 0 Å². The van der Waals surface area contributed by atoms with E-state index in [1.165, 1.54) is 10.9 Å². The van der Waals surface area contributed by atoms with Gasteiger partial charge < -0.3 is 4.98 Å². The van der Waals surface area contributed by atoms with E-state index in [0.717, 1.165) is 33.5 Å². The second-order valence-electron chi connectivity index (χ2n) is 5.51. The van der Waals surface area contributed by atoms with Crippen LogP contribution in [-0.4, -0.2) is 15.0 Å². The standard InChI is InChI=1S/C18H15N3/c1-11-3-5-16-13(7-11)4-6-17(21-16)15-9-14-8-12(2)20-18(14)19-10-15/h3-10H,1-2H3,(H,19,20). The number of H-pyrrole nitrogens is 1. The van der Waals surface area contributed by atoms with E-state index in [0.29, 0.717) is 0 Å². The molecule has 3 heterocycles. The summed E-state index contributed by atoms with van der Waals surface area (Å²) in [6.07, 6.45) is 1.88. The molecule has 1 aromatic carbocycles. The Bertz CT molecular complexity index is 967. The smallest absolute Gasteiger partial charge is 0.137 e. The molecule has 3 heteroatoms.